The van der Waals surface area contributed by atoms with E-state index >= 15 is 0 Å². The van der Waals surface area contributed by atoms with Gasteiger partial charge in [0.05, 0.1) is 23.4 Å². The zero-order chi connectivity index (χ0) is 21.2. The molecule has 2 N–H and O–H groups in total. The summed E-state index contributed by atoms with van der Waals surface area (Å²) in [5.41, 5.74) is 7.63. The van der Waals surface area contributed by atoms with E-state index in [1.165, 1.54) is 5.56 Å². The highest BCUT2D eigenvalue weighted by atomic mass is 14.7. The van der Waals surface area contributed by atoms with Crippen molar-refractivity contribution in [1.29, 1.82) is 15.8 Å². The molecule has 0 aromatic heterocycles. The second-order valence-corrected chi connectivity index (χ2v) is 9.36. The Morgan fingerprint density at radius 2 is 1.76 bits per heavy atom. The summed E-state index contributed by atoms with van der Waals surface area (Å²) in [5.74, 6) is 0.203. The predicted molar refractivity (Wildman–Crippen MR) is 112 cm³/mol. The lowest BCUT2D eigenvalue weighted by molar-refractivity contribution is 0.138. The number of rotatable bonds is 3. The molecule has 1 aromatic rings. The van der Waals surface area contributed by atoms with Crippen LogP contribution in [-0.4, -0.2) is 0 Å². The number of nitriles is 3. The largest absolute Gasteiger partial charge is 0.399 e. The Balaban J connectivity index is 2.09. The van der Waals surface area contributed by atoms with Gasteiger partial charge in [0.1, 0.15) is 6.07 Å². The van der Waals surface area contributed by atoms with Gasteiger partial charge in [-0.25, -0.2) is 0 Å². The fourth-order valence-corrected chi connectivity index (χ4v) is 5.00. The molecule has 1 aromatic carbocycles. The van der Waals surface area contributed by atoms with Gasteiger partial charge in [0.25, 0.3) is 0 Å². The van der Waals surface area contributed by atoms with Crippen LogP contribution >= 0.6 is 0 Å². The highest BCUT2D eigenvalue weighted by Crippen LogP contribution is 2.55. The standard InChI is InChI=1S/C25H28N4/c1-24(2,3)18-10-11-19-20(13-18)22(12-9-17-7-5-4-6-8-17)25(15-27,16-28)23(29)21(19)14-26/h4-8,11,18,20,22H,9-10,12-13,29H2,1-3H3/t18-,20+,22+/m1/s1. The van der Waals surface area contributed by atoms with Crippen molar-refractivity contribution in [3.8, 4) is 18.2 Å². The molecule has 0 unspecified atom stereocenters. The van der Waals surface area contributed by atoms with Crippen LogP contribution in [0.5, 0.6) is 0 Å². The number of nitrogens with two attached hydrogens (primary N) is 1. The van der Waals surface area contributed by atoms with E-state index in [1.54, 1.807) is 0 Å². The Bertz CT molecular complexity index is 943. The van der Waals surface area contributed by atoms with Crippen LogP contribution in [0.4, 0.5) is 0 Å². The molecule has 2 aliphatic rings. The van der Waals surface area contributed by atoms with Gasteiger partial charge >= 0.3 is 0 Å². The van der Waals surface area contributed by atoms with Crippen molar-refractivity contribution in [3.05, 3.63) is 58.8 Å². The Labute approximate surface area is 173 Å². The van der Waals surface area contributed by atoms with Crippen LogP contribution in [0.2, 0.25) is 0 Å². The molecular formula is C25H28N4. The Morgan fingerprint density at radius 1 is 1.10 bits per heavy atom. The van der Waals surface area contributed by atoms with E-state index in [4.69, 9.17) is 5.73 Å². The number of benzene rings is 1. The summed E-state index contributed by atoms with van der Waals surface area (Å²) in [6, 6.07) is 16.8. The molecule has 29 heavy (non-hydrogen) atoms. The van der Waals surface area contributed by atoms with Crippen molar-refractivity contribution >= 4 is 0 Å². The molecule has 3 rings (SSSR count). The summed E-state index contributed by atoms with van der Waals surface area (Å²) in [5, 5.41) is 30.0. The first-order valence-electron chi connectivity index (χ1n) is 10.3. The normalized spacial score (nSPS) is 25.8. The lowest BCUT2D eigenvalue weighted by Gasteiger charge is -2.47. The number of allylic oxidation sites excluding steroid dienone is 4. The summed E-state index contributed by atoms with van der Waals surface area (Å²) in [6.07, 6.45) is 5.37. The molecule has 148 valence electrons. The van der Waals surface area contributed by atoms with Crippen molar-refractivity contribution in [3.63, 3.8) is 0 Å². The van der Waals surface area contributed by atoms with E-state index in [2.05, 4.69) is 57.2 Å². The van der Waals surface area contributed by atoms with Crippen LogP contribution in [0.15, 0.2) is 53.3 Å². The van der Waals surface area contributed by atoms with Crippen LogP contribution in [0.3, 0.4) is 0 Å². The minimum Gasteiger partial charge on any atom is -0.399 e. The summed E-state index contributed by atoms with van der Waals surface area (Å²) >= 11 is 0. The van der Waals surface area contributed by atoms with E-state index in [0.29, 0.717) is 17.9 Å². The SMILES string of the molecule is CC(C)(C)[C@@H]1CC=C2C(C#N)=C(N)C(C#N)(C#N)[C@@H](CCc3ccccc3)[C@H]2C1. The third-order valence-electron chi connectivity index (χ3n) is 6.86. The summed E-state index contributed by atoms with van der Waals surface area (Å²) in [4.78, 5) is 0. The number of nitrogens with zero attached hydrogens (tertiary/aromatic N) is 3. The van der Waals surface area contributed by atoms with E-state index in [-0.39, 0.29) is 22.9 Å². The third kappa shape index (κ3) is 3.54. The minimum atomic E-state index is -1.46. The third-order valence-corrected chi connectivity index (χ3v) is 6.86. The number of aryl methyl sites for hydroxylation is 1. The van der Waals surface area contributed by atoms with Crippen LogP contribution < -0.4 is 5.73 Å². The maximum absolute atomic E-state index is 10.1. The van der Waals surface area contributed by atoms with E-state index in [0.717, 1.165) is 24.8 Å². The van der Waals surface area contributed by atoms with Gasteiger partial charge in [-0.15, -0.1) is 0 Å². The van der Waals surface area contributed by atoms with Gasteiger partial charge in [-0.3, -0.25) is 0 Å². The first-order valence-corrected chi connectivity index (χ1v) is 10.3. The molecule has 0 fully saturated rings. The molecule has 0 saturated heterocycles. The average molecular weight is 385 g/mol. The van der Waals surface area contributed by atoms with Crippen LogP contribution in [-0.2, 0) is 6.42 Å². The second kappa shape index (κ2) is 7.77. The maximum Gasteiger partial charge on any atom is 0.187 e. The molecule has 0 spiro atoms. The smallest absolute Gasteiger partial charge is 0.187 e. The number of fused-ring (bicyclic) bond motifs is 1. The van der Waals surface area contributed by atoms with Gasteiger partial charge < -0.3 is 5.73 Å². The highest BCUT2D eigenvalue weighted by Gasteiger charge is 2.53. The molecular weight excluding hydrogens is 356 g/mol. The topological polar surface area (TPSA) is 97.4 Å². The van der Waals surface area contributed by atoms with E-state index < -0.39 is 5.41 Å². The van der Waals surface area contributed by atoms with Crippen molar-refractivity contribution < 1.29 is 0 Å². The zero-order valence-corrected chi connectivity index (χ0v) is 17.4. The average Bonchev–Trinajstić information content (AvgIpc) is 2.72. The Hall–Kier alpha value is -3.03. The molecule has 0 amide bonds. The first-order chi connectivity index (χ1) is 13.8. The quantitative estimate of drug-likeness (QED) is 0.791. The molecule has 2 aliphatic carbocycles. The number of hydrogen-bond acceptors (Lipinski definition) is 4. The molecule has 4 nitrogen and oxygen atoms in total. The Morgan fingerprint density at radius 3 is 2.31 bits per heavy atom. The minimum absolute atomic E-state index is 0.00191. The van der Waals surface area contributed by atoms with Crippen molar-refractivity contribution in [2.45, 2.75) is 46.5 Å². The second-order valence-electron chi connectivity index (χ2n) is 9.36. The monoisotopic (exact) mass is 384 g/mol. The maximum atomic E-state index is 10.1. The molecule has 3 atom stereocenters. The first kappa shape index (κ1) is 20.7. The molecule has 4 heteroatoms. The van der Waals surface area contributed by atoms with Gasteiger partial charge in [0.15, 0.2) is 5.41 Å². The van der Waals surface area contributed by atoms with Crippen molar-refractivity contribution in [2.75, 3.05) is 0 Å². The molecule has 0 heterocycles. The van der Waals surface area contributed by atoms with E-state index in [1.807, 2.05) is 18.2 Å². The Kier molecular flexibility index (Phi) is 5.55. The fourth-order valence-electron chi connectivity index (χ4n) is 5.00. The van der Waals surface area contributed by atoms with Gasteiger partial charge in [0.2, 0.25) is 0 Å². The highest BCUT2D eigenvalue weighted by molar-refractivity contribution is 5.56. The van der Waals surface area contributed by atoms with E-state index in [9.17, 15) is 15.8 Å². The predicted octanol–water partition coefficient (Wildman–Crippen LogP) is 5.02. The van der Waals surface area contributed by atoms with Gasteiger partial charge in [0, 0.05) is 5.92 Å². The summed E-state index contributed by atoms with van der Waals surface area (Å²) < 4.78 is 0. The lowest BCUT2D eigenvalue weighted by atomic mass is 9.54. The molecule has 0 saturated carbocycles. The fraction of sp³-hybridized carbons (Fsp3) is 0.480. The molecule has 0 radical (unpaired) electrons. The molecule has 0 bridgehead atoms. The van der Waals surface area contributed by atoms with Crippen LogP contribution in [0, 0.1) is 62.6 Å². The summed E-state index contributed by atoms with van der Waals surface area (Å²) in [6.45, 7) is 6.70. The summed E-state index contributed by atoms with van der Waals surface area (Å²) in [7, 11) is 0. The van der Waals surface area contributed by atoms with Gasteiger partial charge in [-0.2, -0.15) is 15.8 Å². The van der Waals surface area contributed by atoms with Gasteiger partial charge in [-0.05, 0) is 54.1 Å². The van der Waals surface area contributed by atoms with Gasteiger partial charge in [-0.1, -0.05) is 57.2 Å². The zero-order valence-electron chi connectivity index (χ0n) is 17.4. The lowest BCUT2D eigenvalue weighted by Crippen LogP contribution is -2.46. The van der Waals surface area contributed by atoms with Crippen molar-refractivity contribution in [2.24, 2.45) is 34.3 Å². The number of hydrogen-bond donors (Lipinski definition) is 1. The molecule has 0 aliphatic heterocycles. The van der Waals surface area contributed by atoms with Crippen LogP contribution in [0.1, 0.15) is 45.6 Å². The van der Waals surface area contributed by atoms with Crippen molar-refractivity contribution in [1.82, 2.24) is 0 Å². The van der Waals surface area contributed by atoms with Crippen LogP contribution in [0.25, 0.3) is 0 Å².